The summed E-state index contributed by atoms with van der Waals surface area (Å²) in [6.07, 6.45) is 6.37. The number of fused-ring (bicyclic) bond motifs is 1. The third-order valence-corrected chi connectivity index (χ3v) is 4.61. The van der Waals surface area contributed by atoms with E-state index in [1.54, 1.807) is 0 Å². The van der Waals surface area contributed by atoms with Crippen LogP contribution in [-0.4, -0.2) is 11.0 Å². The normalized spacial score (nSPS) is 11.6. The van der Waals surface area contributed by atoms with Gasteiger partial charge in [-0.05, 0) is 53.1 Å². The van der Waals surface area contributed by atoms with Crippen molar-refractivity contribution in [2.75, 3.05) is 0 Å². The van der Waals surface area contributed by atoms with Gasteiger partial charge < -0.3 is 14.3 Å². The van der Waals surface area contributed by atoms with Crippen LogP contribution in [0, 0.1) is 6.92 Å². The zero-order chi connectivity index (χ0) is 20.2. The molecule has 0 spiro atoms. The Balaban J connectivity index is 1.55. The second-order valence-corrected chi connectivity index (χ2v) is 6.67. The van der Waals surface area contributed by atoms with Gasteiger partial charge in [0.05, 0.1) is 5.97 Å². The van der Waals surface area contributed by atoms with E-state index < -0.39 is 5.97 Å². The van der Waals surface area contributed by atoms with Crippen molar-refractivity contribution >= 4 is 35.0 Å². The largest absolute Gasteiger partial charge is 0.545 e. The third kappa shape index (κ3) is 4.33. The van der Waals surface area contributed by atoms with Crippen LogP contribution in [0.3, 0.4) is 0 Å². The lowest BCUT2D eigenvalue weighted by Crippen LogP contribution is -2.18. The first kappa shape index (κ1) is 18.4. The van der Waals surface area contributed by atoms with Gasteiger partial charge in [0.1, 0.15) is 11.5 Å². The summed E-state index contributed by atoms with van der Waals surface area (Å²) in [4.78, 5) is 15.1. The fourth-order valence-corrected chi connectivity index (χ4v) is 3.07. The maximum Gasteiger partial charge on any atom is 0.226 e. The molecule has 0 aliphatic carbocycles. The number of hydrogen-bond donors (Lipinski definition) is 0. The van der Waals surface area contributed by atoms with E-state index in [0.29, 0.717) is 5.89 Å². The summed E-state index contributed by atoms with van der Waals surface area (Å²) in [5.41, 5.74) is 3.48. The number of nitrogens with zero attached hydrogens (tertiary/aromatic N) is 1. The van der Waals surface area contributed by atoms with Crippen LogP contribution in [0.1, 0.15) is 22.6 Å². The van der Waals surface area contributed by atoms with Gasteiger partial charge in [0.25, 0.3) is 0 Å². The summed E-state index contributed by atoms with van der Waals surface area (Å²) in [7, 11) is 0. The molecule has 0 fully saturated rings. The molecule has 0 aliphatic rings. The predicted molar refractivity (Wildman–Crippen MR) is 114 cm³/mol. The molecule has 0 atom stereocenters. The van der Waals surface area contributed by atoms with Gasteiger partial charge in [-0.3, -0.25) is 0 Å². The molecule has 0 bridgehead atoms. The Morgan fingerprint density at radius 3 is 2.31 bits per heavy atom. The van der Waals surface area contributed by atoms with Crippen LogP contribution < -0.4 is 5.11 Å². The van der Waals surface area contributed by atoms with Crippen LogP contribution in [-0.2, 0) is 4.79 Å². The molecular weight excluding hydrogens is 362 g/mol. The van der Waals surface area contributed by atoms with Crippen LogP contribution in [0.25, 0.3) is 40.5 Å². The average molecular weight is 380 g/mol. The highest BCUT2D eigenvalue weighted by Crippen LogP contribution is 2.26. The highest BCUT2D eigenvalue weighted by molar-refractivity contribution is 5.86. The predicted octanol–water partition coefficient (Wildman–Crippen LogP) is 4.74. The molecule has 1 aromatic heterocycles. The number of carboxylic acid groups (broad SMARTS) is 1. The van der Waals surface area contributed by atoms with Crippen LogP contribution in [0.5, 0.6) is 0 Å². The van der Waals surface area contributed by atoms with E-state index in [2.05, 4.69) is 29.2 Å². The minimum atomic E-state index is -1.21. The summed E-state index contributed by atoms with van der Waals surface area (Å²) in [5, 5.41) is 12.8. The molecule has 29 heavy (non-hydrogen) atoms. The van der Waals surface area contributed by atoms with Gasteiger partial charge in [-0.25, -0.2) is 4.98 Å². The molecule has 0 amide bonds. The van der Waals surface area contributed by atoms with E-state index in [9.17, 15) is 9.90 Å². The molecular formula is C25H18NO3-. The first-order chi connectivity index (χ1) is 14.1. The van der Waals surface area contributed by atoms with Crippen molar-refractivity contribution < 1.29 is 14.3 Å². The van der Waals surface area contributed by atoms with Gasteiger partial charge in [-0.1, -0.05) is 66.7 Å². The quantitative estimate of drug-likeness (QED) is 0.469. The van der Waals surface area contributed by atoms with E-state index in [1.807, 2.05) is 61.5 Å². The standard InChI is InChI=1S/C25H19NO3/c1-17-23(14-10-18-6-8-19(9-7-18)11-15-24(27)28)26-25(29-17)22-13-12-20-4-2-3-5-21(20)16-22/h2-16H,1H3,(H,27,28)/p-1/b14-10+,15-11+. The average Bonchev–Trinajstić information content (AvgIpc) is 3.11. The second-order valence-electron chi connectivity index (χ2n) is 6.67. The third-order valence-electron chi connectivity index (χ3n) is 4.61. The fourth-order valence-electron chi connectivity index (χ4n) is 3.07. The first-order valence-corrected chi connectivity index (χ1v) is 9.22. The summed E-state index contributed by atoms with van der Waals surface area (Å²) < 4.78 is 5.88. The lowest BCUT2D eigenvalue weighted by Gasteiger charge is -1.99. The molecule has 1 heterocycles. The van der Waals surface area contributed by atoms with E-state index in [1.165, 1.54) is 11.5 Å². The SMILES string of the molecule is Cc1oc(-c2ccc3ccccc3c2)nc1/C=C/c1ccc(/C=C/C(=O)[O-])cc1. The van der Waals surface area contributed by atoms with Gasteiger partial charge in [-0.15, -0.1) is 0 Å². The van der Waals surface area contributed by atoms with Crippen molar-refractivity contribution in [2.45, 2.75) is 6.92 Å². The Labute approximate surface area is 168 Å². The first-order valence-electron chi connectivity index (χ1n) is 9.22. The Bertz CT molecular complexity index is 1230. The molecule has 142 valence electrons. The Hall–Kier alpha value is -3.92. The van der Waals surface area contributed by atoms with E-state index >= 15 is 0 Å². The number of rotatable bonds is 5. The van der Waals surface area contributed by atoms with Crippen LogP contribution in [0.15, 0.2) is 77.2 Å². The van der Waals surface area contributed by atoms with E-state index in [0.717, 1.165) is 39.6 Å². The number of aliphatic carboxylic acids is 1. The number of carbonyl (C=O) groups excluding carboxylic acids is 1. The molecule has 4 nitrogen and oxygen atoms in total. The molecule has 4 aromatic rings. The van der Waals surface area contributed by atoms with Gasteiger partial charge in [0, 0.05) is 5.56 Å². The molecule has 0 saturated carbocycles. The Morgan fingerprint density at radius 2 is 1.59 bits per heavy atom. The van der Waals surface area contributed by atoms with Crippen molar-refractivity contribution in [3.05, 3.63) is 95.4 Å². The molecule has 0 saturated heterocycles. The minimum absolute atomic E-state index is 0.593. The number of hydrogen-bond acceptors (Lipinski definition) is 4. The molecule has 4 rings (SSSR count). The molecule has 3 aromatic carbocycles. The van der Waals surface area contributed by atoms with Crippen molar-refractivity contribution in [1.82, 2.24) is 4.98 Å². The topological polar surface area (TPSA) is 66.2 Å². The maximum atomic E-state index is 10.5. The zero-order valence-corrected chi connectivity index (χ0v) is 15.8. The minimum Gasteiger partial charge on any atom is -0.545 e. The summed E-state index contributed by atoms with van der Waals surface area (Å²) in [5.74, 6) is 0.131. The summed E-state index contributed by atoms with van der Waals surface area (Å²) in [6.45, 7) is 1.89. The Morgan fingerprint density at radius 1 is 0.897 bits per heavy atom. The Kier molecular flexibility index (Phi) is 5.08. The highest BCUT2D eigenvalue weighted by Gasteiger charge is 2.10. The van der Waals surface area contributed by atoms with E-state index in [4.69, 9.17) is 4.42 Å². The van der Waals surface area contributed by atoms with Gasteiger partial charge >= 0.3 is 0 Å². The molecule has 0 radical (unpaired) electrons. The number of carbonyl (C=O) groups is 1. The fraction of sp³-hybridized carbons (Fsp3) is 0.0400. The van der Waals surface area contributed by atoms with E-state index in [-0.39, 0.29) is 0 Å². The van der Waals surface area contributed by atoms with Crippen molar-refractivity contribution in [2.24, 2.45) is 0 Å². The summed E-state index contributed by atoms with van der Waals surface area (Å²) in [6, 6.07) is 21.8. The lowest BCUT2D eigenvalue weighted by atomic mass is 10.1. The highest BCUT2D eigenvalue weighted by atomic mass is 16.4. The molecule has 4 heteroatoms. The number of oxazole rings is 1. The monoisotopic (exact) mass is 380 g/mol. The number of aromatic nitrogens is 1. The zero-order valence-electron chi connectivity index (χ0n) is 15.8. The lowest BCUT2D eigenvalue weighted by molar-refractivity contribution is -0.297. The van der Waals surface area contributed by atoms with Crippen molar-refractivity contribution in [3.8, 4) is 11.5 Å². The number of benzene rings is 3. The smallest absolute Gasteiger partial charge is 0.226 e. The van der Waals surface area contributed by atoms with Gasteiger partial charge in [0.2, 0.25) is 5.89 Å². The van der Waals surface area contributed by atoms with Gasteiger partial charge in [-0.2, -0.15) is 0 Å². The van der Waals surface area contributed by atoms with Crippen molar-refractivity contribution in [1.29, 1.82) is 0 Å². The summed E-state index contributed by atoms with van der Waals surface area (Å²) >= 11 is 0. The van der Waals surface area contributed by atoms with Crippen LogP contribution in [0.2, 0.25) is 0 Å². The number of carboxylic acids is 1. The van der Waals surface area contributed by atoms with Crippen LogP contribution in [0.4, 0.5) is 0 Å². The maximum absolute atomic E-state index is 10.5. The second kappa shape index (κ2) is 7.98. The van der Waals surface area contributed by atoms with Crippen molar-refractivity contribution in [3.63, 3.8) is 0 Å². The molecule has 0 N–H and O–H groups in total. The van der Waals surface area contributed by atoms with Crippen LogP contribution >= 0.6 is 0 Å². The molecule has 0 unspecified atom stereocenters. The van der Waals surface area contributed by atoms with Gasteiger partial charge in [0.15, 0.2) is 0 Å². The molecule has 0 aliphatic heterocycles. The number of aryl methyl sites for hydroxylation is 1.